The number of nitrogens with zero attached hydrogens (tertiary/aromatic N) is 2. The molecule has 1 atom stereocenters. The fourth-order valence-electron chi connectivity index (χ4n) is 5.66. The number of fused-ring (bicyclic) bond motifs is 3. The molecule has 4 aliphatic rings. The van der Waals surface area contributed by atoms with Crippen molar-refractivity contribution in [2.45, 2.75) is 56.6 Å². The van der Waals surface area contributed by atoms with E-state index in [0.717, 1.165) is 61.6 Å². The molecule has 7 nitrogen and oxygen atoms in total. The fraction of sp³-hybridized carbons (Fsp3) is 0.542. The zero-order valence-electron chi connectivity index (χ0n) is 17.8. The molecule has 2 amide bonds. The molecule has 7 heteroatoms. The molecule has 0 bridgehead atoms. The summed E-state index contributed by atoms with van der Waals surface area (Å²) in [6.07, 6.45) is 6.58. The van der Waals surface area contributed by atoms with Crippen molar-refractivity contribution in [3.63, 3.8) is 0 Å². The molecule has 31 heavy (non-hydrogen) atoms. The molecule has 4 N–H and O–H groups in total. The van der Waals surface area contributed by atoms with Crippen molar-refractivity contribution in [2.75, 3.05) is 13.7 Å². The second-order valence-electron chi connectivity index (χ2n) is 9.35. The Hall–Kier alpha value is -2.85. The highest BCUT2D eigenvalue weighted by atomic mass is 16.5. The minimum atomic E-state index is -1.13. The first-order valence-electron chi connectivity index (χ1n) is 11.0. The first-order valence-corrected chi connectivity index (χ1v) is 11.0. The number of amides is 2. The second-order valence-corrected chi connectivity index (χ2v) is 9.35. The number of aliphatic imine (C=N–C) groups is 1. The van der Waals surface area contributed by atoms with Crippen LogP contribution in [0.3, 0.4) is 0 Å². The van der Waals surface area contributed by atoms with E-state index in [1.807, 2.05) is 12.1 Å². The third-order valence-corrected chi connectivity index (χ3v) is 7.44. The van der Waals surface area contributed by atoms with Gasteiger partial charge in [0.15, 0.2) is 11.5 Å². The van der Waals surface area contributed by atoms with Crippen LogP contribution in [0.4, 0.5) is 0 Å². The zero-order chi connectivity index (χ0) is 21.8. The van der Waals surface area contributed by atoms with E-state index in [9.17, 15) is 9.59 Å². The van der Waals surface area contributed by atoms with Gasteiger partial charge in [0.1, 0.15) is 6.54 Å². The summed E-state index contributed by atoms with van der Waals surface area (Å²) >= 11 is 0. The molecule has 2 fully saturated rings. The molecule has 1 aliphatic heterocycles. The normalized spacial score (nSPS) is 31.5. The van der Waals surface area contributed by atoms with Crippen LogP contribution >= 0.6 is 0 Å². The minimum absolute atomic E-state index is 0.0688. The maximum absolute atomic E-state index is 13.9. The highest BCUT2D eigenvalue weighted by Crippen LogP contribution is 2.61. The van der Waals surface area contributed by atoms with Gasteiger partial charge in [0, 0.05) is 24.0 Å². The SMILES string of the molecule is COC1CCC2(CC1)Cc1ccc(C#CC3CC3)cc1C21N=C(N)N(CC(N)=O)C1=O. The molecule has 1 aromatic carbocycles. The van der Waals surface area contributed by atoms with Crippen LogP contribution in [0, 0.1) is 23.2 Å². The number of benzene rings is 1. The van der Waals surface area contributed by atoms with Crippen molar-refractivity contribution >= 4 is 17.8 Å². The number of nitrogens with two attached hydrogens (primary N) is 2. The van der Waals surface area contributed by atoms with E-state index < -0.39 is 11.4 Å². The smallest absolute Gasteiger partial charge is 0.263 e. The summed E-state index contributed by atoms with van der Waals surface area (Å²) in [5.74, 6) is 6.28. The number of hydrogen-bond donors (Lipinski definition) is 2. The first kappa shape index (κ1) is 20.1. The molecule has 2 saturated carbocycles. The Kier molecular flexibility index (Phi) is 4.60. The Morgan fingerprint density at radius 1 is 1.29 bits per heavy atom. The summed E-state index contributed by atoms with van der Waals surface area (Å²) in [5, 5.41) is 0. The molecule has 0 aromatic heterocycles. The predicted molar refractivity (Wildman–Crippen MR) is 116 cm³/mol. The largest absolute Gasteiger partial charge is 0.381 e. The van der Waals surface area contributed by atoms with Gasteiger partial charge in [-0.25, -0.2) is 4.99 Å². The van der Waals surface area contributed by atoms with Crippen molar-refractivity contribution in [3.8, 4) is 11.8 Å². The molecule has 162 valence electrons. The maximum atomic E-state index is 13.9. The third kappa shape index (κ3) is 3.04. The highest BCUT2D eigenvalue weighted by Gasteiger charge is 2.66. The number of guanidine groups is 1. The van der Waals surface area contributed by atoms with E-state index in [1.54, 1.807) is 7.11 Å². The van der Waals surface area contributed by atoms with Crippen molar-refractivity contribution in [3.05, 3.63) is 34.9 Å². The lowest BCUT2D eigenvalue weighted by molar-refractivity contribution is -0.140. The maximum Gasteiger partial charge on any atom is 0.263 e. The summed E-state index contributed by atoms with van der Waals surface area (Å²) < 4.78 is 5.59. The lowest BCUT2D eigenvalue weighted by atomic mass is 9.61. The fourth-order valence-corrected chi connectivity index (χ4v) is 5.66. The standard InChI is InChI=1S/C24H28N4O3/c1-31-18-8-10-23(11-9-18)13-17-7-6-16(5-4-15-2-3-15)12-19(17)24(23)21(30)28(14-20(25)29)22(26)27-24/h6-7,12,15,18H,2-3,8-11,13-14H2,1H3,(H2,25,29)(H2,26,27). The monoisotopic (exact) mass is 420 g/mol. The van der Waals surface area contributed by atoms with Gasteiger partial charge in [0.05, 0.1) is 6.10 Å². The average Bonchev–Trinajstić information content (AvgIpc) is 3.51. The van der Waals surface area contributed by atoms with Crippen LogP contribution in [0.2, 0.25) is 0 Å². The van der Waals surface area contributed by atoms with Crippen molar-refractivity contribution in [1.29, 1.82) is 0 Å². The Morgan fingerprint density at radius 3 is 2.68 bits per heavy atom. The van der Waals surface area contributed by atoms with Gasteiger partial charge in [-0.15, -0.1) is 0 Å². The van der Waals surface area contributed by atoms with Crippen molar-refractivity contribution in [1.82, 2.24) is 4.90 Å². The molecular weight excluding hydrogens is 392 g/mol. The predicted octanol–water partition coefficient (Wildman–Crippen LogP) is 1.42. The van der Waals surface area contributed by atoms with Crippen LogP contribution in [-0.4, -0.2) is 42.4 Å². The molecule has 1 aromatic rings. The van der Waals surface area contributed by atoms with Gasteiger partial charge in [-0.2, -0.15) is 0 Å². The summed E-state index contributed by atoms with van der Waals surface area (Å²) in [7, 11) is 1.73. The Labute approximate surface area is 182 Å². The van der Waals surface area contributed by atoms with E-state index in [2.05, 4.69) is 17.9 Å². The first-order chi connectivity index (χ1) is 14.9. The summed E-state index contributed by atoms with van der Waals surface area (Å²) in [6.45, 7) is -0.261. The number of primary amides is 1. The lowest BCUT2D eigenvalue weighted by Crippen LogP contribution is -2.53. The van der Waals surface area contributed by atoms with E-state index >= 15 is 0 Å². The van der Waals surface area contributed by atoms with E-state index in [0.29, 0.717) is 5.92 Å². The zero-order valence-corrected chi connectivity index (χ0v) is 17.8. The van der Waals surface area contributed by atoms with Crippen LogP contribution in [0.25, 0.3) is 0 Å². The third-order valence-electron chi connectivity index (χ3n) is 7.44. The Morgan fingerprint density at radius 2 is 2.03 bits per heavy atom. The summed E-state index contributed by atoms with van der Waals surface area (Å²) in [4.78, 5) is 31.6. The molecule has 0 radical (unpaired) electrons. The highest BCUT2D eigenvalue weighted by molar-refractivity contribution is 6.10. The second kappa shape index (κ2) is 7.10. The van der Waals surface area contributed by atoms with Crippen LogP contribution in [0.15, 0.2) is 23.2 Å². The lowest BCUT2D eigenvalue weighted by Gasteiger charge is -2.45. The van der Waals surface area contributed by atoms with Gasteiger partial charge >= 0.3 is 0 Å². The molecule has 1 unspecified atom stereocenters. The number of methoxy groups -OCH3 is 1. The van der Waals surface area contributed by atoms with Crippen molar-refractivity contribution < 1.29 is 14.3 Å². The van der Waals surface area contributed by atoms with Gasteiger partial charge in [0.25, 0.3) is 5.91 Å². The molecule has 1 heterocycles. The van der Waals surface area contributed by atoms with Gasteiger partial charge in [-0.1, -0.05) is 17.9 Å². The number of carbonyl (C=O) groups excluding carboxylic acids is 2. The van der Waals surface area contributed by atoms with E-state index in [1.165, 1.54) is 4.90 Å². The molecular formula is C24H28N4O3. The topological polar surface area (TPSA) is 111 Å². The quantitative estimate of drug-likeness (QED) is 0.720. The number of rotatable bonds is 3. The molecule has 3 aliphatic carbocycles. The molecule has 2 spiro atoms. The van der Waals surface area contributed by atoms with Gasteiger partial charge in [-0.05, 0) is 68.2 Å². The van der Waals surface area contributed by atoms with Gasteiger partial charge in [-0.3, -0.25) is 14.5 Å². The number of ether oxygens (including phenoxy) is 1. The van der Waals surface area contributed by atoms with Crippen LogP contribution in [0.5, 0.6) is 0 Å². The van der Waals surface area contributed by atoms with Gasteiger partial charge < -0.3 is 16.2 Å². The Bertz CT molecular complexity index is 1040. The molecule has 0 saturated heterocycles. The summed E-state index contributed by atoms with van der Waals surface area (Å²) in [5.41, 5.74) is 13.0. The van der Waals surface area contributed by atoms with Crippen molar-refractivity contribution in [2.24, 2.45) is 27.8 Å². The van der Waals surface area contributed by atoms with Crippen LogP contribution in [0.1, 0.15) is 55.2 Å². The summed E-state index contributed by atoms with van der Waals surface area (Å²) in [6, 6.07) is 6.14. The minimum Gasteiger partial charge on any atom is -0.381 e. The molecule has 5 rings (SSSR count). The Balaban J connectivity index is 1.62. The van der Waals surface area contributed by atoms with Crippen LogP contribution in [-0.2, 0) is 26.3 Å². The number of carbonyl (C=O) groups is 2. The van der Waals surface area contributed by atoms with E-state index in [-0.39, 0.29) is 29.9 Å². The van der Waals surface area contributed by atoms with Crippen LogP contribution < -0.4 is 11.5 Å². The average molecular weight is 421 g/mol. The van der Waals surface area contributed by atoms with E-state index in [4.69, 9.17) is 21.2 Å². The number of hydrogen-bond acceptors (Lipinski definition) is 5. The van der Waals surface area contributed by atoms with Gasteiger partial charge in [0.2, 0.25) is 5.91 Å².